The Labute approximate surface area is 78.5 Å². The molecule has 0 N–H and O–H groups in total. The van der Waals surface area contributed by atoms with E-state index in [1.807, 2.05) is 6.08 Å². The number of allylic oxidation sites excluding steroid dienone is 2. The molecule has 0 aliphatic rings. The predicted molar refractivity (Wildman–Crippen MR) is 61.4 cm³/mol. The zero-order chi connectivity index (χ0) is 9.40. The van der Waals surface area contributed by atoms with Crippen LogP contribution in [0.25, 0.3) is 0 Å². The fraction of sp³-hybridized carbons (Fsp3) is 0.636. The lowest BCUT2D eigenvalue weighted by atomic mass is 10.2. The zero-order valence-electron chi connectivity index (χ0n) is 8.47. The highest BCUT2D eigenvalue weighted by Crippen LogP contribution is 2.35. The average Bonchev–Trinajstić information content (AvgIpc) is 2.12. The largest absolute Gasteiger partial charge is 0.107 e. The summed E-state index contributed by atoms with van der Waals surface area (Å²) < 4.78 is 0. The van der Waals surface area contributed by atoms with Gasteiger partial charge in [-0.1, -0.05) is 38.7 Å². The molecule has 0 atom stereocenters. The van der Waals surface area contributed by atoms with Crippen molar-refractivity contribution in [1.29, 1.82) is 0 Å². The molecule has 0 aliphatic carbocycles. The minimum Gasteiger partial charge on any atom is -0.107 e. The summed E-state index contributed by atoms with van der Waals surface area (Å²) >= 11 is 0. The van der Waals surface area contributed by atoms with Crippen LogP contribution in [0.3, 0.4) is 0 Å². The summed E-state index contributed by atoms with van der Waals surface area (Å²) in [5, 5.41) is 0. The Hall–Kier alpha value is -0.0900. The first kappa shape index (κ1) is 11.9. The molecule has 0 heterocycles. The van der Waals surface area contributed by atoms with E-state index >= 15 is 0 Å². The van der Waals surface area contributed by atoms with Crippen LogP contribution in [-0.4, -0.2) is 18.5 Å². The van der Waals surface area contributed by atoms with Gasteiger partial charge in [-0.15, -0.1) is 7.92 Å². The molecule has 0 spiro atoms. The highest BCUT2D eigenvalue weighted by Gasteiger charge is 2.01. The molecule has 0 aromatic rings. The summed E-state index contributed by atoms with van der Waals surface area (Å²) in [5.41, 5.74) is 1.19. The van der Waals surface area contributed by atoms with Crippen LogP contribution in [0.4, 0.5) is 0 Å². The lowest BCUT2D eigenvalue weighted by Gasteiger charge is -2.12. The molecular weight excluding hydrogens is 163 g/mol. The first-order valence-corrected chi connectivity index (χ1v) is 6.66. The summed E-state index contributed by atoms with van der Waals surface area (Å²) in [6, 6.07) is 0. The zero-order valence-corrected chi connectivity index (χ0v) is 9.37. The Morgan fingerprint density at radius 2 is 1.92 bits per heavy atom. The highest BCUT2D eigenvalue weighted by atomic mass is 31.1. The van der Waals surface area contributed by atoms with Crippen molar-refractivity contribution in [2.75, 3.05) is 18.5 Å². The van der Waals surface area contributed by atoms with Crippen LogP contribution in [0.1, 0.15) is 26.7 Å². The molecule has 0 aromatic carbocycles. The van der Waals surface area contributed by atoms with Gasteiger partial charge in [0.1, 0.15) is 0 Å². The summed E-state index contributed by atoms with van der Waals surface area (Å²) in [6.07, 6.45) is 8.49. The predicted octanol–water partition coefficient (Wildman–Crippen LogP) is 4.03. The SMILES string of the molecule is C=CC(=C)CCCP(CC)CC. The normalized spacial score (nSPS) is 10.2. The van der Waals surface area contributed by atoms with Crippen molar-refractivity contribution in [2.24, 2.45) is 0 Å². The minimum atomic E-state index is 0.333. The van der Waals surface area contributed by atoms with Crippen molar-refractivity contribution in [3.8, 4) is 0 Å². The van der Waals surface area contributed by atoms with E-state index in [1.54, 1.807) is 0 Å². The maximum atomic E-state index is 3.91. The smallest absolute Gasteiger partial charge is 0.0282 e. The van der Waals surface area contributed by atoms with Gasteiger partial charge in [-0.2, -0.15) is 0 Å². The van der Waals surface area contributed by atoms with Crippen molar-refractivity contribution in [3.63, 3.8) is 0 Å². The second-order valence-electron chi connectivity index (χ2n) is 2.99. The molecule has 1 heteroatoms. The summed E-state index contributed by atoms with van der Waals surface area (Å²) in [6.45, 7) is 12.2. The van der Waals surface area contributed by atoms with Crippen molar-refractivity contribution in [3.05, 3.63) is 24.8 Å². The van der Waals surface area contributed by atoms with Gasteiger partial charge in [0.05, 0.1) is 0 Å². The van der Waals surface area contributed by atoms with E-state index in [9.17, 15) is 0 Å². The third-order valence-corrected chi connectivity index (χ3v) is 4.89. The molecule has 0 fully saturated rings. The van der Waals surface area contributed by atoms with Gasteiger partial charge in [-0.25, -0.2) is 0 Å². The quantitative estimate of drug-likeness (QED) is 0.414. The Morgan fingerprint density at radius 1 is 1.33 bits per heavy atom. The fourth-order valence-electron chi connectivity index (χ4n) is 1.17. The second kappa shape index (κ2) is 7.55. The lowest BCUT2D eigenvalue weighted by molar-refractivity contribution is 0.933. The van der Waals surface area contributed by atoms with Gasteiger partial charge in [-0.05, 0) is 31.3 Å². The summed E-state index contributed by atoms with van der Waals surface area (Å²) in [7, 11) is 0.333. The van der Waals surface area contributed by atoms with Crippen LogP contribution in [-0.2, 0) is 0 Å². The first-order chi connectivity index (χ1) is 5.74. The van der Waals surface area contributed by atoms with E-state index in [4.69, 9.17) is 0 Å². The van der Waals surface area contributed by atoms with Gasteiger partial charge in [0, 0.05) is 0 Å². The molecule has 0 aromatic heterocycles. The van der Waals surface area contributed by atoms with E-state index in [0.29, 0.717) is 7.92 Å². The first-order valence-electron chi connectivity index (χ1n) is 4.77. The Kier molecular flexibility index (Phi) is 7.50. The highest BCUT2D eigenvalue weighted by molar-refractivity contribution is 7.57. The van der Waals surface area contributed by atoms with Gasteiger partial charge in [0.2, 0.25) is 0 Å². The molecule has 0 aliphatic heterocycles. The molecular formula is C11H21P. The Balaban J connectivity index is 3.40. The van der Waals surface area contributed by atoms with Gasteiger partial charge in [0.25, 0.3) is 0 Å². The van der Waals surface area contributed by atoms with Crippen LogP contribution in [0, 0.1) is 0 Å². The minimum absolute atomic E-state index is 0.333. The molecule has 0 bridgehead atoms. The van der Waals surface area contributed by atoms with Crippen LogP contribution >= 0.6 is 7.92 Å². The van der Waals surface area contributed by atoms with E-state index in [1.165, 1.54) is 30.5 Å². The van der Waals surface area contributed by atoms with Crippen molar-refractivity contribution in [1.82, 2.24) is 0 Å². The van der Waals surface area contributed by atoms with Gasteiger partial charge in [-0.3, -0.25) is 0 Å². The van der Waals surface area contributed by atoms with Crippen molar-refractivity contribution < 1.29 is 0 Å². The van der Waals surface area contributed by atoms with E-state index < -0.39 is 0 Å². The maximum Gasteiger partial charge on any atom is -0.0282 e. The third kappa shape index (κ3) is 5.55. The standard InChI is InChI=1S/C11H21P/c1-5-11(4)9-8-10-12(6-2)7-3/h5H,1,4,6-10H2,2-3H3. The van der Waals surface area contributed by atoms with Gasteiger partial charge >= 0.3 is 0 Å². The Morgan fingerprint density at radius 3 is 2.33 bits per heavy atom. The average molecular weight is 184 g/mol. The monoisotopic (exact) mass is 184 g/mol. The fourth-order valence-corrected chi connectivity index (χ4v) is 2.86. The second-order valence-corrected chi connectivity index (χ2v) is 6.05. The van der Waals surface area contributed by atoms with E-state index in [-0.39, 0.29) is 0 Å². The molecule has 0 rings (SSSR count). The van der Waals surface area contributed by atoms with Crippen LogP contribution in [0.5, 0.6) is 0 Å². The lowest BCUT2D eigenvalue weighted by Crippen LogP contribution is -1.90. The summed E-state index contributed by atoms with van der Waals surface area (Å²) in [5.74, 6) is 0. The molecule has 12 heavy (non-hydrogen) atoms. The number of rotatable bonds is 7. The van der Waals surface area contributed by atoms with Crippen LogP contribution in [0.15, 0.2) is 24.8 Å². The molecule has 0 nitrogen and oxygen atoms in total. The van der Waals surface area contributed by atoms with E-state index in [0.717, 1.165) is 6.42 Å². The number of hydrogen-bond acceptors (Lipinski definition) is 0. The van der Waals surface area contributed by atoms with Crippen LogP contribution in [0.2, 0.25) is 0 Å². The Bertz CT molecular complexity index is 134. The van der Waals surface area contributed by atoms with Crippen molar-refractivity contribution in [2.45, 2.75) is 26.7 Å². The third-order valence-electron chi connectivity index (χ3n) is 2.16. The van der Waals surface area contributed by atoms with Gasteiger partial charge < -0.3 is 0 Å². The molecule has 0 saturated carbocycles. The molecule has 0 amide bonds. The van der Waals surface area contributed by atoms with E-state index in [2.05, 4.69) is 27.0 Å². The molecule has 0 saturated heterocycles. The molecule has 70 valence electrons. The van der Waals surface area contributed by atoms with Gasteiger partial charge in [0.15, 0.2) is 0 Å². The topological polar surface area (TPSA) is 0 Å². The number of hydrogen-bond donors (Lipinski definition) is 0. The van der Waals surface area contributed by atoms with Crippen molar-refractivity contribution >= 4 is 7.92 Å². The maximum absolute atomic E-state index is 3.91. The molecule has 0 radical (unpaired) electrons. The molecule has 0 unspecified atom stereocenters. The summed E-state index contributed by atoms with van der Waals surface area (Å²) in [4.78, 5) is 0. The van der Waals surface area contributed by atoms with Crippen LogP contribution < -0.4 is 0 Å².